The van der Waals surface area contributed by atoms with Crippen molar-refractivity contribution in [2.45, 2.75) is 32.9 Å². The number of carbonyl (C=O) groups is 1. The van der Waals surface area contributed by atoms with Gasteiger partial charge >= 0.3 is 0 Å². The highest BCUT2D eigenvalue weighted by Gasteiger charge is 2.32. The van der Waals surface area contributed by atoms with E-state index in [9.17, 15) is 13.2 Å². The number of sulfone groups is 1. The highest BCUT2D eigenvalue weighted by Crippen LogP contribution is 2.27. The first kappa shape index (κ1) is 18.0. The molecule has 0 radical (unpaired) electrons. The number of ether oxygens (including phenoxy) is 1. The second-order valence-electron chi connectivity index (χ2n) is 5.94. The molecule has 0 unspecified atom stereocenters. The molecule has 2 aromatic rings. The van der Waals surface area contributed by atoms with Crippen molar-refractivity contribution >= 4 is 32.2 Å². The lowest BCUT2D eigenvalue weighted by Gasteiger charge is -2.11. The highest BCUT2D eigenvalue weighted by atomic mass is 32.2. The molecule has 3 rings (SSSR count). The van der Waals surface area contributed by atoms with Gasteiger partial charge in [0.05, 0.1) is 28.8 Å². The quantitative estimate of drug-likeness (QED) is 0.819. The monoisotopic (exact) mass is 385 g/mol. The molecule has 1 fully saturated rings. The van der Waals surface area contributed by atoms with Crippen LogP contribution in [0.3, 0.4) is 0 Å². The van der Waals surface area contributed by atoms with Crippen molar-refractivity contribution in [3.05, 3.63) is 22.0 Å². The van der Waals surface area contributed by atoms with Gasteiger partial charge in [0, 0.05) is 12.8 Å². The minimum absolute atomic E-state index is 0.0623. The molecule has 0 spiro atoms. The third-order valence-electron chi connectivity index (χ3n) is 4.06. The number of rotatable bonds is 5. The summed E-state index contributed by atoms with van der Waals surface area (Å²) >= 11 is 1.24. The van der Waals surface area contributed by atoms with E-state index in [1.165, 1.54) is 11.3 Å². The number of nitrogens with zero attached hydrogens (tertiary/aromatic N) is 4. The van der Waals surface area contributed by atoms with Crippen molar-refractivity contribution in [1.29, 1.82) is 0 Å². The summed E-state index contributed by atoms with van der Waals surface area (Å²) in [4.78, 5) is 12.6. The van der Waals surface area contributed by atoms with Gasteiger partial charge in [0.1, 0.15) is 11.6 Å². The van der Waals surface area contributed by atoms with Gasteiger partial charge in [-0.3, -0.25) is 14.8 Å². The summed E-state index contributed by atoms with van der Waals surface area (Å²) in [5.41, 5.74) is 1.65. The van der Waals surface area contributed by atoms with E-state index in [1.54, 1.807) is 25.6 Å². The zero-order valence-corrected chi connectivity index (χ0v) is 15.8. The lowest BCUT2D eigenvalue weighted by molar-refractivity contribution is 0.102. The minimum Gasteiger partial charge on any atom is -0.377 e. The molecular formula is C14H19N5O4S2. The zero-order chi connectivity index (χ0) is 18.2. The fourth-order valence-electron chi connectivity index (χ4n) is 2.96. The molecule has 136 valence electrons. The standard InChI is InChI=1S/C14H19N5O4S2/c1-8-12(13(20)15-14-17-16-11(24-14)6-23-3)9(2)19(18-8)10-4-5-25(21,22)7-10/h10H,4-7H2,1-3H3,(H,15,17,20)/t10-/m1/s1. The van der Waals surface area contributed by atoms with Crippen LogP contribution in [0.4, 0.5) is 5.13 Å². The normalized spacial score (nSPS) is 19.2. The Bertz CT molecular complexity index is 902. The summed E-state index contributed by atoms with van der Waals surface area (Å²) in [5.74, 6) is -0.112. The van der Waals surface area contributed by atoms with Crippen molar-refractivity contribution in [3.8, 4) is 0 Å². The Morgan fingerprint density at radius 3 is 2.80 bits per heavy atom. The molecule has 1 aliphatic rings. The second-order valence-corrected chi connectivity index (χ2v) is 9.23. The van der Waals surface area contributed by atoms with Crippen molar-refractivity contribution in [1.82, 2.24) is 20.0 Å². The minimum atomic E-state index is -3.03. The van der Waals surface area contributed by atoms with Crippen LogP contribution in [-0.2, 0) is 21.2 Å². The van der Waals surface area contributed by atoms with Gasteiger partial charge in [-0.05, 0) is 20.3 Å². The number of aryl methyl sites for hydroxylation is 1. The number of anilines is 1. The fraction of sp³-hybridized carbons (Fsp3) is 0.571. The van der Waals surface area contributed by atoms with Gasteiger partial charge in [-0.25, -0.2) is 8.42 Å². The van der Waals surface area contributed by atoms with Gasteiger partial charge in [0.15, 0.2) is 9.84 Å². The second kappa shape index (κ2) is 6.81. The Morgan fingerprint density at radius 1 is 1.40 bits per heavy atom. The van der Waals surface area contributed by atoms with Crippen molar-refractivity contribution in [2.75, 3.05) is 23.9 Å². The first-order valence-corrected chi connectivity index (χ1v) is 10.3. The largest absolute Gasteiger partial charge is 0.377 e. The Balaban J connectivity index is 1.81. The van der Waals surface area contributed by atoms with Crippen LogP contribution in [0.25, 0.3) is 0 Å². The van der Waals surface area contributed by atoms with E-state index in [-0.39, 0.29) is 23.5 Å². The first-order chi connectivity index (χ1) is 11.8. The number of hydrogen-bond donors (Lipinski definition) is 1. The van der Waals surface area contributed by atoms with Gasteiger partial charge in [-0.1, -0.05) is 11.3 Å². The van der Waals surface area contributed by atoms with Crippen molar-refractivity contribution in [2.24, 2.45) is 0 Å². The summed E-state index contributed by atoms with van der Waals surface area (Å²) in [7, 11) is -1.47. The summed E-state index contributed by atoms with van der Waals surface area (Å²) in [6.45, 7) is 3.84. The van der Waals surface area contributed by atoms with Gasteiger partial charge in [0.25, 0.3) is 5.91 Å². The lowest BCUT2D eigenvalue weighted by atomic mass is 10.1. The predicted molar refractivity (Wildman–Crippen MR) is 92.6 cm³/mol. The summed E-state index contributed by atoms with van der Waals surface area (Å²) in [6, 6.07) is -0.222. The highest BCUT2D eigenvalue weighted by molar-refractivity contribution is 7.91. The number of methoxy groups -OCH3 is 1. The number of aromatic nitrogens is 4. The van der Waals surface area contributed by atoms with Crippen LogP contribution in [0, 0.1) is 13.8 Å². The number of amides is 1. The van der Waals surface area contributed by atoms with E-state index < -0.39 is 9.84 Å². The molecule has 11 heteroatoms. The van der Waals surface area contributed by atoms with E-state index in [0.717, 1.165) is 0 Å². The lowest BCUT2D eigenvalue weighted by Crippen LogP contribution is -2.16. The average Bonchev–Trinajstić information content (AvgIpc) is 3.18. The maximum absolute atomic E-state index is 12.6. The van der Waals surface area contributed by atoms with E-state index in [0.29, 0.717) is 40.1 Å². The third-order valence-corrected chi connectivity index (χ3v) is 6.62. The number of hydrogen-bond acceptors (Lipinski definition) is 8. The maximum Gasteiger partial charge on any atom is 0.261 e. The van der Waals surface area contributed by atoms with E-state index in [1.807, 2.05) is 0 Å². The Kier molecular flexibility index (Phi) is 4.89. The molecule has 2 aromatic heterocycles. The van der Waals surface area contributed by atoms with Crippen molar-refractivity contribution in [3.63, 3.8) is 0 Å². The molecule has 1 amide bonds. The topological polar surface area (TPSA) is 116 Å². The molecule has 0 saturated carbocycles. The predicted octanol–water partition coefficient (Wildman–Crippen LogP) is 1.11. The summed E-state index contributed by atoms with van der Waals surface area (Å²) in [6.07, 6.45) is 0.516. The Morgan fingerprint density at radius 2 is 2.16 bits per heavy atom. The van der Waals surface area contributed by atoms with Crippen LogP contribution in [0.5, 0.6) is 0 Å². The maximum atomic E-state index is 12.6. The molecule has 9 nitrogen and oxygen atoms in total. The SMILES string of the molecule is COCc1nnc(NC(=O)c2c(C)nn([C@@H]3CCS(=O)(=O)C3)c2C)s1. The van der Waals surface area contributed by atoms with Crippen LogP contribution in [0.15, 0.2) is 0 Å². The van der Waals surface area contributed by atoms with Crippen molar-refractivity contribution < 1.29 is 17.9 Å². The molecular weight excluding hydrogens is 366 g/mol. The molecule has 0 aliphatic carbocycles. The summed E-state index contributed by atoms with van der Waals surface area (Å²) in [5, 5.41) is 16.0. The van der Waals surface area contributed by atoms with Gasteiger partial charge in [-0.15, -0.1) is 10.2 Å². The van der Waals surface area contributed by atoms with Crippen LogP contribution in [0.1, 0.15) is 39.2 Å². The molecule has 1 N–H and O–H groups in total. The van der Waals surface area contributed by atoms with Crippen LogP contribution in [0.2, 0.25) is 0 Å². The summed E-state index contributed by atoms with van der Waals surface area (Å²) < 4.78 is 30.0. The average molecular weight is 385 g/mol. The molecule has 1 saturated heterocycles. The van der Waals surface area contributed by atoms with Gasteiger partial charge in [-0.2, -0.15) is 5.10 Å². The zero-order valence-electron chi connectivity index (χ0n) is 14.1. The van der Waals surface area contributed by atoms with Crippen LogP contribution < -0.4 is 5.32 Å². The molecule has 1 aliphatic heterocycles. The molecule has 25 heavy (non-hydrogen) atoms. The van der Waals surface area contributed by atoms with Crippen LogP contribution in [-0.4, -0.2) is 52.9 Å². The first-order valence-electron chi connectivity index (χ1n) is 7.69. The van der Waals surface area contributed by atoms with E-state index >= 15 is 0 Å². The van der Waals surface area contributed by atoms with Crippen LogP contribution >= 0.6 is 11.3 Å². The number of carbonyl (C=O) groups excluding carboxylic acids is 1. The molecule has 1 atom stereocenters. The Hall–Kier alpha value is -1.85. The fourth-order valence-corrected chi connectivity index (χ4v) is 5.36. The Labute approximate surface area is 149 Å². The molecule has 0 aromatic carbocycles. The van der Waals surface area contributed by atoms with Gasteiger partial charge in [0.2, 0.25) is 5.13 Å². The third kappa shape index (κ3) is 3.72. The van der Waals surface area contributed by atoms with E-state index in [2.05, 4.69) is 20.6 Å². The molecule has 0 bridgehead atoms. The van der Waals surface area contributed by atoms with Gasteiger partial charge < -0.3 is 4.74 Å². The van der Waals surface area contributed by atoms with E-state index in [4.69, 9.17) is 4.74 Å². The smallest absolute Gasteiger partial charge is 0.261 e. The number of nitrogens with one attached hydrogen (secondary N) is 1. The molecule has 3 heterocycles.